The molecule has 2 nitrogen and oxygen atoms in total. The van der Waals surface area contributed by atoms with Crippen LogP contribution in [0.3, 0.4) is 0 Å². The maximum atomic E-state index is 2.53. The molecule has 2 heterocycles. The summed E-state index contributed by atoms with van der Waals surface area (Å²) < 4.78 is 0. The largest absolute Gasteiger partial charge is 0.305 e. The summed E-state index contributed by atoms with van der Waals surface area (Å²) in [5.41, 5.74) is 0.590. The van der Waals surface area contributed by atoms with Crippen LogP contribution in [0.15, 0.2) is 0 Å². The third-order valence-corrected chi connectivity index (χ3v) is 3.47. The Morgan fingerprint density at radius 1 is 1.09 bits per heavy atom. The fraction of sp³-hybridized carbons (Fsp3) is 1.00. The van der Waals surface area contributed by atoms with Gasteiger partial charge in [-0.3, -0.25) is 4.90 Å². The van der Waals surface area contributed by atoms with Crippen LogP contribution in [0.2, 0.25) is 0 Å². The van der Waals surface area contributed by atoms with E-state index in [-0.39, 0.29) is 0 Å². The highest BCUT2D eigenvalue weighted by Gasteiger charge is 2.43. The molecule has 0 saturated carbocycles. The first-order valence-corrected chi connectivity index (χ1v) is 4.63. The molecule has 0 amide bonds. The number of hydrogen-bond acceptors (Lipinski definition) is 2. The molecule has 0 aromatic rings. The highest BCUT2D eigenvalue weighted by molar-refractivity contribution is 5.01. The highest BCUT2D eigenvalue weighted by atomic mass is 15.3. The Hall–Kier alpha value is -0.0800. The summed E-state index contributed by atoms with van der Waals surface area (Å²) in [6.07, 6.45) is 4.24. The Morgan fingerprint density at radius 2 is 1.91 bits per heavy atom. The van der Waals surface area contributed by atoms with Crippen molar-refractivity contribution in [2.45, 2.75) is 24.8 Å². The molecule has 0 N–H and O–H groups in total. The second-order valence-corrected chi connectivity index (χ2v) is 4.24. The van der Waals surface area contributed by atoms with E-state index in [9.17, 15) is 0 Å². The average Bonchev–Trinajstić information content (AvgIpc) is 2.02. The van der Waals surface area contributed by atoms with Crippen LogP contribution in [-0.2, 0) is 0 Å². The number of piperidine rings is 1. The Morgan fingerprint density at radius 3 is 2.27 bits per heavy atom. The molecule has 11 heavy (non-hydrogen) atoms. The first kappa shape index (κ1) is 7.56. The summed E-state index contributed by atoms with van der Waals surface area (Å²) in [5.74, 6) is 0. The van der Waals surface area contributed by atoms with Gasteiger partial charge in [-0.2, -0.15) is 0 Å². The van der Waals surface area contributed by atoms with E-state index < -0.39 is 0 Å². The average molecular weight is 154 g/mol. The lowest BCUT2D eigenvalue weighted by molar-refractivity contribution is -0.0411. The number of nitrogens with zero attached hydrogens (tertiary/aromatic N) is 2. The van der Waals surface area contributed by atoms with Gasteiger partial charge >= 0.3 is 0 Å². The van der Waals surface area contributed by atoms with Crippen molar-refractivity contribution in [3.05, 3.63) is 0 Å². The van der Waals surface area contributed by atoms with Gasteiger partial charge in [-0.05, 0) is 39.9 Å². The van der Waals surface area contributed by atoms with E-state index in [1.165, 1.54) is 38.9 Å². The van der Waals surface area contributed by atoms with Gasteiger partial charge in [0, 0.05) is 18.6 Å². The Labute approximate surface area is 69.2 Å². The van der Waals surface area contributed by atoms with E-state index in [2.05, 4.69) is 23.9 Å². The maximum Gasteiger partial charge on any atom is 0.0345 e. The Balaban J connectivity index is 2.01. The van der Waals surface area contributed by atoms with Crippen molar-refractivity contribution in [3.8, 4) is 0 Å². The Kier molecular flexibility index (Phi) is 1.69. The molecule has 64 valence electrons. The number of rotatable bonds is 0. The third kappa shape index (κ3) is 1.09. The van der Waals surface area contributed by atoms with E-state index in [1.807, 2.05) is 0 Å². The second kappa shape index (κ2) is 2.46. The molecule has 2 rings (SSSR count). The molecule has 0 bridgehead atoms. The standard InChI is InChI=1S/C9H18N2/c1-10-6-3-4-9(8-10)5-7-11(9)2/h3-8H2,1-2H3. The molecule has 1 atom stereocenters. The van der Waals surface area contributed by atoms with Crippen molar-refractivity contribution in [1.82, 2.24) is 9.80 Å². The molecule has 2 aliphatic heterocycles. The molecule has 0 aromatic heterocycles. The van der Waals surface area contributed by atoms with Gasteiger partial charge in [-0.25, -0.2) is 0 Å². The van der Waals surface area contributed by atoms with E-state index >= 15 is 0 Å². The number of hydrogen-bond donors (Lipinski definition) is 0. The van der Waals surface area contributed by atoms with Crippen LogP contribution in [0, 0.1) is 0 Å². The van der Waals surface area contributed by atoms with Crippen LogP contribution in [0.1, 0.15) is 19.3 Å². The lowest BCUT2D eigenvalue weighted by atomic mass is 9.78. The maximum absolute atomic E-state index is 2.53. The molecule has 2 aliphatic rings. The molecular weight excluding hydrogens is 136 g/mol. The zero-order valence-electron chi connectivity index (χ0n) is 7.64. The van der Waals surface area contributed by atoms with E-state index in [0.29, 0.717) is 5.54 Å². The summed E-state index contributed by atoms with van der Waals surface area (Å²) in [7, 11) is 4.51. The number of likely N-dealkylation sites (tertiary alicyclic amines) is 2. The molecule has 2 saturated heterocycles. The Bertz CT molecular complexity index is 158. The van der Waals surface area contributed by atoms with Crippen LogP contribution in [0.4, 0.5) is 0 Å². The quantitative estimate of drug-likeness (QED) is 0.509. The smallest absolute Gasteiger partial charge is 0.0345 e. The first-order chi connectivity index (χ1) is 5.23. The van der Waals surface area contributed by atoms with Crippen LogP contribution in [0.25, 0.3) is 0 Å². The monoisotopic (exact) mass is 154 g/mol. The molecule has 2 heteroatoms. The van der Waals surface area contributed by atoms with Crippen molar-refractivity contribution in [3.63, 3.8) is 0 Å². The van der Waals surface area contributed by atoms with Crippen LogP contribution in [-0.4, -0.2) is 49.1 Å². The predicted molar refractivity (Wildman–Crippen MR) is 46.7 cm³/mol. The van der Waals surface area contributed by atoms with Crippen molar-refractivity contribution >= 4 is 0 Å². The van der Waals surface area contributed by atoms with E-state index in [0.717, 1.165) is 0 Å². The second-order valence-electron chi connectivity index (χ2n) is 4.24. The fourth-order valence-electron chi connectivity index (χ4n) is 2.51. The lowest BCUT2D eigenvalue weighted by Gasteiger charge is -2.55. The zero-order valence-corrected chi connectivity index (χ0v) is 7.64. The summed E-state index contributed by atoms with van der Waals surface area (Å²) in [6, 6.07) is 0. The van der Waals surface area contributed by atoms with Gasteiger partial charge in [-0.15, -0.1) is 0 Å². The van der Waals surface area contributed by atoms with Crippen LogP contribution >= 0.6 is 0 Å². The normalized spacial score (nSPS) is 40.9. The summed E-state index contributed by atoms with van der Waals surface area (Å²) in [5, 5.41) is 0. The molecule has 1 spiro atoms. The highest BCUT2D eigenvalue weighted by Crippen LogP contribution is 2.36. The molecular formula is C9H18N2. The van der Waals surface area contributed by atoms with Crippen molar-refractivity contribution in [1.29, 1.82) is 0 Å². The fourth-order valence-corrected chi connectivity index (χ4v) is 2.51. The number of likely N-dealkylation sites (N-methyl/N-ethyl adjacent to an activating group) is 2. The zero-order chi connectivity index (χ0) is 7.90. The molecule has 2 fully saturated rings. The third-order valence-electron chi connectivity index (χ3n) is 3.47. The van der Waals surface area contributed by atoms with E-state index in [4.69, 9.17) is 0 Å². The van der Waals surface area contributed by atoms with Gasteiger partial charge in [0.2, 0.25) is 0 Å². The lowest BCUT2D eigenvalue weighted by Crippen LogP contribution is -2.64. The van der Waals surface area contributed by atoms with Gasteiger partial charge < -0.3 is 4.90 Å². The van der Waals surface area contributed by atoms with Crippen LogP contribution < -0.4 is 0 Å². The topological polar surface area (TPSA) is 6.48 Å². The molecule has 0 aliphatic carbocycles. The minimum Gasteiger partial charge on any atom is -0.305 e. The summed E-state index contributed by atoms with van der Waals surface area (Å²) in [4.78, 5) is 5.00. The minimum atomic E-state index is 0.590. The van der Waals surface area contributed by atoms with Gasteiger partial charge in [0.15, 0.2) is 0 Å². The predicted octanol–water partition coefficient (Wildman–Crippen LogP) is 0.786. The van der Waals surface area contributed by atoms with Crippen molar-refractivity contribution in [2.75, 3.05) is 33.7 Å². The van der Waals surface area contributed by atoms with Crippen molar-refractivity contribution in [2.24, 2.45) is 0 Å². The van der Waals surface area contributed by atoms with Gasteiger partial charge in [0.1, 0.15) is 0 Å². The van der Waals surface area contributed by atoms with E-state index in [1.54, 1.807) is 0 Å². The first-order valence-electron chi connectivity index (χ1n) is 4.63. The van der Waals surface area contributed by atoms with Crippen molar-refractivity contribution < 1.29 is 0 Å². The summed E-state index contributed by atoms with van der Waals surface area (Å²) in [6.45, 7) is 3.91. The molecule has 0 aromatic carbocycles. The minimum absolute atomic E-state index is 0.590. The molecule has 0 radical (unpaired) electrons. The SMILES string of the molecule is CN1CCCC2(CCN2C)C1. The van der Waals surface area contributed by atoms with Gasteiger partial charge in [0.25, 0.3) is 0 Å². The van der Waals surface area contributed by atoms with Gasteiger partial charge in [0.05, 0.1) is 0 Å². The summed E-state index contributed by atoms with van der Waals surface area (Å²) >= 11 is 0. The van der Waals surface area contributed by atoms with Crippen LogP contribution in [0.5, 0.6) is 0 Å². The van der Waals surface area contributed by atoms with Gasteiger partial charge in [-0.1, -0.05) is 0 Å². The molecule has 1 unspecified atom stereocenters.